The van der Waals surface area contributed by atoms with Gasteiger partial charge in [-0.25, -0.2) is 4.98 Å². The van der Waals surface area contributed by atoms with Crippen LogP contribution in [0.25, 0.3) is 10.9 Å². The monoisotopic (exact) mass is 518 g/mol. The fourth-order valence-corrected chi connectivity index (χ4v) is 5.28. The molecule has 0 fully saturated rings. The number of nitrogens with one attached hydrogen (secondary N) is 2. The zero-order chi connectivity index (χ0) is 25.9. The van der Waals surface area contributed by atoms with E-state index in [0.29, 0.717) is 29.1 Å². The molecule has 2 amide bonds. The lowest BCUT2D eigenvalue weighted by molar-refractivity contribution is -0.121. The average molecular weight is 519 g/mol. The lowest BCUT2D eigenvalue weighted by Crippen LogP contribution is -2.30. The number of carbonyl (C=O) groups is 2. The molecule has 1 aliphatic rings. The van der Waals surface area contributed by atoms with Gasteiger partial charge in [0.15, 0.2) is 5.16 Å². The lowest BCUT2D eigenvalue weighted by Gasteiger charge is -2.14. The molecule has 8 heteroatoms. The summed E-state index contributed by atoms with van der Waals surface area (Å²) in [6.07, 6.45) is 8.82. The molecule has 2 N–H and O–H groups in total. The van der Waals surface area contributed by atoms with Gasteiger partial charge >= 0.3 is 0 Å². The third kappa shape index (κ3) is 8.05. The first kappa shape index (κ1) is 26.7. The summed E-state index contributed by atoms with van der Waals surface area (Å²) in [6, 6.07) is 17.1. The minimum absolute atomic E-state index is 0.0889. The summed E-state index contributed by atoms with van der Waals surface area (Å²) in [7, 11) is 0. The third-order valence-electron chi connectivity index (χ3n) is 6.45. The molecule has 3 aromatic rings. The molecule has 0 atom stereocenters. The Labute approximate surface area is 221 Å². The Balaban J connectivity index is 1.34. The van der Waals surface area contributed by atoms with E-state index < -0.39 is 0 Å². The van der Waals surface area contributed by atoms with E-state index in [0.717, 1.165) is 31.2 Å². The Morgan fingerprint density at radius 1 is 0.919 bits per heavy atom. The first-order valence-corrected chi connectivity index (χ1v) is 14.0. The number of allylic oxidation sites excluding steroid dienone is 1. The van der Waals surface area contributed by atoms with Crippen molar-refractivity contribution in [3.05, 3.63) is 82.2 Å². The van der Waals surface area contributed by atoms with Crippen LogP contribution in [0.4, 0.5) is 0 Å². The first-order valence-electron chi connectivity index (χ1n) is 13.0. The van der Waals surface area contributed by atoms with E-state index in [4.69, 9.17) is 0 Å². The van der Waals surface area contributed by atoms with Crippen molar-refractivity contribution in [2.24, 2.45) is 0 Å². The van der Waals surface area contributed by atoms with E-state index in [1.807, 2.05) is 36.4 Å². The molecule has 0 bridgehead atoms. The van der Waals surface area contributed by atoms with Crippen molar-refractivity contribution in [2.45, 2.75) is 56.6 Å². The number of hydrogen-bond acceptors (Lipinski definition) is 5. The number of benzene rings is 2. The maximum atomic E-state index is 13.2. The van der Waals surface area contributed by atoms with Crippen molar-refractivity contribution in [3.63, 3.8) is 0 Å². The standard InChI is InChI=1S/C29H34N4O3S/c34-26(30-18-15-22-9-3-1-4-10-22)17-20-33-28(36)24-13-7-8-14-25(24)32-29(33)37-21-27(35)31-19-16-23-11-5-2-6-12-23/h1,3-4,7-11,13-14H,2,5-6,12,15-21H2,(H,30,34)(H,31,35). The Hall–Kier alpha value is -3.39. The molecular weight excluding hydrogens is 484 g/mol. The SMILES string of the molecule is O=C(CCn1c(SCC(=O)NCCC2=CCCCC2)nc2ccccc2c1=O)NCCc1ccccc1. The fourth-order valence-electron chi connectivity index (χ4n) is 4.42. The molecular formula is C29H34N4O3S. The van der Waals surface area contributed by atoms with Crippen LogP contribution in [0, 0.1) is 0 Å². The van der Waals surface area contributed by atoms with Gasteiger partial charge in [-0.15, -0.1) is 0 Å². The fraction of sp³-hybridized carbons (Fsp3) is 0.379. The predicted molar refractivity (Wildman–Crippen MR) is 149 cm³/mol. The highest BCUT2D eigenvalue weighted by molar-refractivity contribution is 7.99. The summed E-state index contributed by atoms with van der Waals surface area (Å²) in [5.74, 6) is -0.0525. The number of carbonyl (C=O) groups excluding carboxylic acids is 2. The van der Waals surface area contributed by atoms with Crippen molar-refractivity contribution >= 4 is 34.5 Å². The second-order valence-corrected chi connectivity index (χ2v) is 10.1. The first-order chi connectivity index (χ1) is 18.1. The molecule has 4 rings (SSSR count). The van der Waals surface area contributed by atoms with Crippen LogP contribution in [-0.4, -0.2) is 40.2 Å². The number of aromatic nitrogens is 2. The van der Waals surface area contributed by atoms with Crippen LogP contribution >= 0.6 is 11.8 Å². The molecule has 0 saturated carbocycles. The number of fused-ring (bicyclic) bond motifs is 1. The average Bonchev–Trinajstić information content (AvgIpc) is 2.93. The molecule has 1 heterocycles. The minimum atomic E-state index is -0.199. The Bertz CT molecular complexity index is 1300. The molecule has 0 radical (unpaired) electrons. The normalized spacial score (nSPS) is 13.2. The molecule has 37 heavy (non-hydrogen) atoms. The van der Waals surface area contributed by atoms with Gasteiger partial charge in [-0.05, 0) is 56.2 Å². The molecule has 194 valence electrons. The number of rotatable bonds is 12. The Morgan fingerprint density at radius 3 is 2.49 bits per heavy atom. The summed E-state index contributed by atoms with van der Waals surface area (Å²) in [6.45, 7) is 1.35. The summed E-state index contributed by atoms with van der Waals surface area (Å²) in [4.78, 5) is 42.8. The number of hydrogen-bond donors (Lipinski definition) is 2. The molecule has 0 aliphatic heterocycles. The van der Waals surface area contributed by atoms with Crippen LogP contribution < -0.4 is 16.2 Å². The van der Waals surface area contributed by atoms with E-state index >= 15 is 0 Å². The van der Waals surface area contributed by atoms with Crippen molar-refractivity contribution < 1.29 is 9.59 Å². The molecule has 7 nitrogen and oxygen atoms in total. The van der Waals surface area contributed by atoms with Crippen molar-refractivity contribution in [2.75, 3.05) is 18.8 Å². The molecule has 1 aliphatic carbocycles. The minimum Gasteiger partial charge on any atom is -0.356 e. The number of amides is 2. The lowest BCUT2D eigenvalue weighted by atomic mass is 9.97. The van der Waals surface area contributed by atoms with Crippen molar-refractivity contribution in [1.82, 2.24) is 20.2 Å². The smallest absolute Gasteiger partial charge is 0.262 e. The van der Waals surface area contributed by atoms with E-state index in [2.05, 4.69) is 21.7 Å². The summed E-state index contributed by atoms with van der Waals surface area (Å²) in [5, 5.41) is 6.86. The quantitative estimate of drug-likeness (QED) is 0.213. The van der Waals surface area contributed by atoms with Crippen LogP contribution in [0.1, 0.15) is 44.1 Å². The summed E-state index contributed by atoms with van der Waals surface area (Å²) in [5.41, 5.74) is 2.97. The second-order valence-electron chi connectivity index (χ2n) is 9.20. The molecule has 1 aromatic heterocycles. The zero-order valence-corrected chi connectivity index (χ0v) is 21.9. The Morgan fingerprint density at radius 2 is 1.68 bits per heavy atom. The highest BCUT2D eigenvalue weighted by Gasteiger charge is 2.15. The molecule has 0 unspecified atom stereocenters. The Kier molecular flexibility index (Phi) is 9.94. The maximum Gasteiger partial charge on any atom is 0.262 e. The van der Waals surface area contributed by atoms with Gasteiger partial charge in [0, 0.05) is 26.1 Å². The van der Waals surface area contributed by atoms with E-state index in [9.17, 15) is 14.4 Å². The van der Waals surface area contributed by atoms with E-state index in [1.165, 1.54) is 34.7 Å². The van der Waals surface area contributed by atoms with Crippen LogP contribution in [0.2, 0.25) is 0 Å². The third-order valence-corrected chi connectivity index (χ3v) is 7.43. The van der Waals surface area contributed by atoms with Gasteiger partial charge in [0.1, 0.15) is 0 Å². The van der Waals surface area contributed by atoms with Crippen LogP contribution in [0.15, 0.2) is 76.2 Å². The van der Waals surface area contributed by atoms with Crippen molar-refractivity contribution in [3.8, 4) is 0 Å². The molecule has 0 saturated heterocycles. The number of thioether (sulfide) groups is 1. The summed E-state index contributed by atoms with van der Waals surface area (Å²) < 4.78 is 1.52. The van der Waals surface area contributed by atoms with Gasteiger partial charge in [0.05, 0.1) is 16.7 Å². The maximum absolute atomic E-state index is 13.2. The second kappa shape index (κ2) is 13.8. The van der Waals surface area contributed by atoms with Crippen LogP contribution in [0.5, 0.6) is 0 Å². The van der Waals surface area contributed by atoms with Gasteiger partial charge in [-0.1, -0.05) is 65.9 Å². The van der Waals surface area contributed by atoms with Gasteiger partial charge < -0.3 is 10.6 Å². The van der Waals surface area contributed by atoms with Crippen LogP contribution in [0.3, 0.4) is 0 Å². The molecule has 0 spiro atoms. The van der Waals surface area contributed by atoms with Gasteiger partial charge in [-0.3, -0.25) is 19.0 Å². The van der Waals surface area contributed by atoms with Crippen LogP contribution in [-0.2, 0) is 22.6 Å². The molecule has 2 aromatic carbocycles. The highest BCUT2D eigenvalue weighted by Crippen LogP contribution is 2.20. The van der Waals surface area contributed by atoms with Gasteiger partial charge in [0.2, 0.25) is 11.8 Å². The predicted octanol–water partition coefficient (Wildman–Crippen LogP) is 4.24. The highest BCUT2D eigenvalue weighted by atomic mass is 32.2. The topological polar surface area (TPSA) is 93.1 Å². The number of nitrogens with zero attached hydrogens (tertiary/aromatic N) is 2. The largest absolute Gasteiger partial charge is 0.356 e. The van der Waals surface area contributed by atoms with E-state index in [1.54, 1.807) is 18.2 Å². The number of para-hydroxylation sites is 1. The zero-order valence-electron chi connectivity index (χ0n) is 21.1. The van der Waals surface area contributed by atoms with Gasteiger partial charge in [-0.2, -0.15) is 0 Å². The van der Waals surface area contributed by atoms with Crippen molar-refractivity contribution in [1.29, 1.82) is 0 Å². The summed E-state index contributed by atoms with van der Waals surface area (Å²) >= 11 is 1.23. The van der Waals surface area contributed by atoms with E-state index in [-0.39, 0.29) is 36.1 Å². The van der Waals surface area contributed by atoms with Gasteiger partial charge in [0.25, 0.3) is 5.56 Å².